The molecular formula is C9H17N3S. The molecule has 1 heterocycles. The molecule has 0 aliphatic heterocycles. The first-order valence-corrected chi connectivity index (χ1v) is 5.54. The van der Waals surface area contributed by atoms with Crippen LogP contribution in [0, 0.1) is 0 Å². The van der Waals surface area contributed by atoms with E-state index in [1.54, 1.807) is 0 Å². The van der Waals surface area contributed by atoms with Crippen molar-refractivity contribution in [1.82, 2.24) is 14.9 Å². The molecule has 0 amide bonds. The van der Waals surface area contributed by atoms with E-state index >= 15 is 0 Å². The molecule has 74 valence electrons. The Morgan fingerprint density at radius 2 is 2.23 bits per heavy atom. The van der Waals surface area contributed by atoms with Crippen molar-refractivity contribution in [3.63, 3.8) is 0 Å². The Labute approximate surface area is 83.7 Å². The molecule has 0 atom stereocenters. The Morgan fingerprint density at radius 3 is 2.85 bits per heavy atom. The average molecular weight is 199 g/mol. The Kier molecular flexibility index (Phi) is 4.32. The van der Waals surface area contributed by atoms with E-state index in [1.807, 2.05) is 0 Å². The molecule has 0 aliphatic carbocycles. The van der Waals surface area contributed by atoms with Gasteiger partial charge in [-0.15, -0.1) is 5.10 Å². The zero-order valence-electron chi connectivity index (χ0n) is 8.50. The minimum atomic E-state index is 0.483. The summed E-state index contributed by atoms with van der Waals surface area (Å²) in [7, 11) is 0. The fourth-order valence-corrected chi connectivity index (χ4v) is 1.92. The third-order valence-electron chi connectivity index (χ3n) is 1.84. The van der Waals surface area contributed by atoms with Crippen molar-refractivity contribution in [2.24, 2.45) is 0 Å². The molecule has 0 saturated heterocycles. The van der Waals surface area contributed by atoms with E-state index in [-0.39, 0.29) is 0 Å². The quantitative estimate of drug-likeness (QED) is 0.738. The highest BCUT2D eigenvalue weighted by Crippen LogP contribution is 2.18. The first-order chi connectivity index (χ1) is 6.25. The summed E-state index contributed by atoms with van der Waals surface area (Å²) in [5.74, 6) is 0.483. The largest absolute Gasteiger partial charge is 0.312 e. The van der Waals surface area contributed by atoms with Gasteiger partial charge in [-0.1, -0.05) is 25.3 Å². The lowest BCUT2D eigenvalue weighted by Crippen LogP contribution is -2.14. The maximum absolute atomic E-state index is 4.12. The fraction of sp³-hybridized carbons (Fsp3) is 0.778. The van der Waals surface area contributed by atoms with Gasteiger partial charge in [0.25, 0.3) is 0 Å². The van der Waals surface area contributed by atoms with Crippen molar-refractivity contribution < 1.29 is 0 Å². The van der Waals surface area contributed by atoms with Crippen molar-refractivity contribution >= 4 is 11.5 Å². The second-order valence-electron chi connectivity index (χ2n) is 3.41. The molecule has 1 N–H and O–H groups in total. The lowest BCUT2D eigenvalue weighted by molar-refractivity contribution is 0.669. The van der Waals surface area contributed by atoms with Crippen LogP contribution in [0.15, 0.2) is 0 Å². The normalized spacial score (nSPS) is 11.1. The van der Waals surface area contributed by atoms with Crippen LogP contribution in [-0.4, -0.2) is 16.1 Å². The van der Waals surface area contributed by atoms with Gasteiger partial charge >= 0.3 is 0 Å². The molecular weight excluding hydrogens is 182 g/mol. The number of hydrogen-bond acceptors (Lipinski definition) is 4. The zero-order valence-corrected chi connectivity index (χ0v) is 9.32. The number of hydrogen-bond donors (Lipinski definition) is 1. The van der Waals surface area contributed by atoms with Crippen LogP contribution in [0.2, 0.25) is 0 Å². The van der Waals surface area contributed by atoms with Crippen LogP contribution in [0.5, 0.6) is 0 Å². The van der Waals surface area contributed by atoms with Gasteiger partial charge in [0.15, 0.2) is 0 Å². The van der Waals surface area contributed by atoms with Gasteiger partial charge in [-0.25, -0.2) is 0 Å². The molecule has 0 spiro atoms. The van der Waals surface area contributed by atoms with Crippen LogP contribution in [0.25, 0.3) is 0 Å². The van der Waals surface area contributed by atoms with Crippen molar-refractivity contribution in [2.45, 2.75) is 39.7 Å². The minimum absolute atomic E-state index is 0.483. The van der Waals surface area contributed by atoms with Crippen LogP contribution in [0.1, 0.15) is 43.7 Å². The lowest BCUT2D eigenvalue weighted by atomic mass is 10.1. The minimum Gasteiger partial charge on any atom is -0.312 e. The van der Waals surface area contributed by atoms with Crippen LogP contribution < -0.4 is 5.32 Å². The first kappa shape index (κ1) is 10.6. The Bertz CT molecular complexity index is 245. The molecule has 4 heteroatoms. The highest BCUT2D eigenvalue weighted by molar-refractivity contribution is 7.05. The van der Waals surface area contributed by atoms with E-state index in [0.717, 1.165) is 18.8 Å². The van der Waals surface area contributed by atoms with E-state index < -0.39 is 0 Å². The molecule has 0 radical (unpaired) electrons. The van der Waals surface area contributed by atoms with Gasteiger partial charge in [0, 0.05) is 6.54 Å². The number of nitrogens with one attached hydrogen (secondary N) is 1. The SMILES string of the molecule is CCCNCc1snnc1C(C)C. The Balaban J connectivity index is 2.50. The summed E-state index contributed by atoms with van der Waals surface area (Å²) in [6, 6.07) is 0. The second-order valence-corrected chi connectivity index (χ2v) is 4.25. The molecule has 0 aliphatic rings. The monoisotopic (exact) mass is 199 g/mol. The zero-order chi connectivity index (χ0) is 9.68. The van der Waals surface area contributed by atoms with E-state index in [4.69, 9.17) is 0 Å². The number of nitrogens with zero attached hydrogens (tertiary/aromatic N) is 2. The standard InChI is InChI=1S/C9H17N3S/c1-4-5-10-6-8-9(7(2)3)11-12-13-8/h7,10H,4-6H2,1-3H3. The van der Waals surface area contributed by atoms with Crippen molar-refractivity contribution in [2.75, 3.05) is 6.54 Å². The van der Waals surface area contributed by atoms with E-state index in [0.29, 0.717) is 5.92 Å². The molecule has 3 nitrogen and oxygen atoms in total. The van der Waals surface area contributed by atoms with E-state index in [2.05, 4.69) is 35.7 Å². The third kappa shape index (κ3) is 3.04. The summed E-state index contributed by atoms with van der Waals surface area (Å²) in [5, 5.41) is 7.49. The smallest absolute Gasteiger partial charge is 0.0826 e. The fourth-order valence-electron chi connectivity index (χ4n) is 1.16. The molecule has 13 heavy (non-hydrogen) atoms. The van der Waals surface area contributed by atoms with Gasteiger partial charge in [-0.05, 0) is 30.4 Å². The molecule has 0 saturated carbocycles. The summed E-state index contributed by atoms with van der Waals surface area (Å²) >= 11 is 1.50. The van der Waals surface area contributed by atoms with Crippen LogP contribution in [-0.2, 0) is 6.54 Å². The summed E-state index contributed by atoms with van der Waals surface area (Å²) in [5.41, 5.74) is 1.15. The van der Waals surface area contributed by atoms with Gasteiger partial charge in [-0.3, -0.25) is 0 Å². The van der Waals surface area contributed by atoms with Crippen LogP contribution in [0.3, 0.4) is 0 Å². The van der Waals surface area contributed by atoms with Gasteiger partial charge in [0.2, 0.25) is 0 Å². The predicted molar refractivity (Wildman–Crippen MR) is 56.0 cm³/mol. The maximum Gasteiger partial charge on any atom is 0.0826 e. The molecule has 0 aromatic carbocycles. The topological polar surface area (TPSA) is 37.8 Å². The van der Waals surface area contributed by atoms with E-state index in [1.165, 1.54) is 22.8 Å². The van der Waals surface area contributed by atoms with Gasteiger partial charge in [0.1, 0.15) is 0 Å². The molecule has 0 fully saturated rings. The average Bonchev–Trinajstić information content (AvgIpc) is 2.53. The van der Waals surface area contributed by atoms with Crippen molar-refractivity contribution in [1.29, 1.82) is 0 Å². The summed E-state index contributed by atoms with van der Waals surface area (Å²) in [4.78, 5) is 1.28. The molecule has 1 aromatic heterocycles. The Hall–Kier alpha value is -0.480. The van der Waals surface area contributed by atoms with Crippen LogP contribution >= 0.6 is 11.5 Å². The van der Waals surface area contributed by atoms with Gasteiger partial charge in [0.05, 0.1) is 10.6 Å². The first-order valence-electron chi connectivity index (χ1n) is 4.77. The third-order valence-corrected chi connectivity index (χ3v) is 2.58. The van der Waals surface area contributed by atoms with E-state index in [9.17, 15) is 0 Å². The molecule has 1 rings (SSSR count). The highest BCUT2D eigenvalue weighted by atomic mass is 32.1. The molecule has 0 bridgehead atoms. The highest BCUT2D eigenvalue weighted by Gasteiger charge is 2.10. The molecule has 1 aromatic rings. The molecule has 0 unspecified atom stereocenters. The second kappa shape index (κ2) is 5.29. The van der Waals surface area contributed by atoms with Crippen molar-refractivity contribution in [3.05, 3.63) is 10.6 Å². The Morgan fingerprint density at radius 1 is 1.46 bits per heavy atom. The van der Waals surface area contributed by atoms with Crippen LogP contribution in [0.4, 0.5) is 0 Å². The summed E-state index contributed by atoms with van der Waals surface area (Å²) in [6.07, 6.45) is 1.17. The number of aromatic nitrogens is 2. The maximum atomic E-state index is 4.12. The summed E-state index contributed by atoms with van der Waals surface area (Å²) in [6.45, 7) is 8.45. The lowest BCUT2D eigenvalue weighted by Gasteiger charge is -2.04. The predicted octanol–water partition coefficient (Wildman–Crippen LogP) is 2.16. The van der Waals surface area contributed by atoms with Gasteiger partial charge in [-0.2, -0.15) is 0 Å². The summed E-state index contributed by atoms with van der Waals surface area (Å²) < 4.78 is 3.97. The van der Waals surface area contributed by atoms with Gasteiger partial charge < -0.3 is 5.32 Å². The number of rotatable bonds is 5. The van der Waals surface area contributed by atoms with Crippen molar-refractivity contribution in [3.8, 4) is 0 Å².